The molecule has 2 heterocycles. The smallest absolute Gasteiger partial charge is 0.223 e. The predicted molar refractivity (Wildman–Crippen MR) is 66.6 cm³/mol. The number of rotatable bonds is 4. The van der Waals surface area contributed by atoms with Crippen molar-refractivity contribution in [2.75, 3.05) is 27.2 Å². The fraction of sp³-hybridized carbons (Fsp3) is 0.727. The first kappa shape index (κ1) is 13.0. The largest absolute Gasteiger partial charge is 0.349 e. The molecule has 1 aliphatic heterocycles. The summed E-state index contributed by atoms with van der Waals surface area (Å²) >= 11 is 0. The number of carbonyl (C=O) groups is 1. The molecule has 1 unspecified atom stereocenters. The normalized spacial score (nSPS) is 17.3. The fourth-order valence-electron chi connectivity index (χ4n) is 2.14. The zero-order chi connectivity index (χ0) is 13.1. The molecule has 100 valence electrons. The van der Waals surface area contributed by atoms with E-state index in [1.165, 1.54) is 0 Å². The van der Waals surface area contributed by atoms with Crippen molar-refractivity contribution in [3.8, 4) is 0 Å². The maximum atomic E-state index is 11.8. The third kappa shape index (κ3) is 2.68. The predicted octanol–water partition coefficient (Wildman–Crippen LogP) is -1.10. The second-order valence-corrected chi connectivity index (χ2v) is 4.79. The first-order valence-electron chi connectivity index (χ1n) is 6.12. The van der Waals surface area contributed by atoms with E-state index in [0.29, 0.717) is 19.5 Å². The number of hydrogen-bond donors (Lipinski definition) is 1. The molecule has 0 fully saturated rings. The van der Waals surface area contributed by atoms with Gasteiger partial charge in [0.05, 0.1) is 6.54 Å². The first-order chi connectivity index (χ1) is 8.61. The van der Waals surface area contributed by atoms with Crippen LogP contribution in [0.15, 0.2) is 6.33 Å². The summed E-state index contributed by atoms with van der Waals surface area (Å²) in [5.74, 6) is 1.05. The summed E-state index contributed by atoms with van der Waals surface area (Å²) < 4.78 is 2.04. The van der Waals surface area contributed by atoms with E-state index in [-0.39, 0.29) is 11.9 Å². The Hall–Kier alpha value is -1.47. The molecule has 1 aromatic rings. The zero-order valence-electron chi connectivity index (χ0n) is 10.9. The Bertz CT molecular complexity index is 415. The van der Waals surface area contributed by atoms with Gasteiger partial charge in [-0.1, -0.05) is 0 Å². The lowest BCUT2D eigenvalue weighted by Gasteiger charge is -2.33. The highest BCUT2D eigenvalue weighted by molar-refractivity contribution is 5.76. The van der Waals surface area contributed by atoms with Crippen LogP contribution in [-0.2, 0) is 17.9 Å². The molecular formula is C11H20N6O. The Labute approximate surface area is 107 Å². The summed E-state index contributed by atoms with van der Waals surface area (Å²) in [6.07, 6.45) is 2.20. The van der Waals surface area contributed by atoms with Gasteiger partial charge in [-0.2, -0.15) is 0 Å². The number of nitrogens with two attached hydrogens (primary N) is 1. The van der Waals surface area contributed by atoms with E-state index in [1.54, 1.807) is 25.3 Å². The molecule has 7 nitrogen and oxygen atoms in total. The average Bonchev–Trinajstić information content (AvgIpc) is 2.82. The fourth-order valence-corrected chi connectivity index (χ4v) is 2.14. The first-order valence-corrected chi connectivity index (χ1v) is 6.12. The Morgan fingerprint density at radius 2 is 2.33 bits per heavy atom. The molecule has 2 rings (SSSR count). The summed E-state index contributed by atoms with van der Waals surface area (Å²) in [4.78, 5) is 15.6. The quantitative estimate of drug-likeness (QED) is 0.735. The van der Waals surface area contributed by atoms with Crippen molar-refractivity contribution in [1.29, 1.82) is 0 Å². The van der Waals surface area contributed by atoms with Crippen molar-refractivity contribution >= 4 is 5.91 Å². The van der Waals surface area contributed by atoms with Gasteiger partial charge in [0.1, 0.15) is 12.2 Å². The van der Waals surface area contributed by atoms with E-state index in [1.807, 2.05) is 4.57 Å². The molecule has 7 heteroatoms. The highest BCUT2D eigenvalue weighted by atomic mass is 16.2. The third-order valence-electron chi connectivity index (χ3n) is 3.37. The van der Waals surface area contributed by atoms with Crippen LogP contribution in [0.3, 0.4) is 0 Å². The molecule has 1 atom stereocenters. The molecule has 18 heavy (non-hydrogen) atoms. The number of hydrogen-bond acceptors (Lipinski definition) is 5. The average molecular weight is 252 g/mol. The van der Waals surface area contributed by atoms with E-state index in [0.717, 1.165) is 18.9 Å². The summed E-state index contributed by atoms with van der Waals surface area (Å²) in [6, 6.07) is 0.0744. The minimum Gasteiger partial charge on any atom is -0.349 e. The Morgan fingerprint density at radius 3 is 3.00 bits per heavy atom. The second-order valence-electron chi connectivity index (χ2n) is 4.79. The molecule has 0 spiro atoms. The van der Waals surface area contributed by atoms with Crippen LogP contribution in [0.2, 0.25) is 0 Å². The molecule has 0 radical (unpaired) electrons. The third-order valence-corrected chi connectivity index (χ3v) is 3.37. The van der Waals surface area contributed by atoms with Crippen molar-refractivity contribution in [1.82, 2.24) is 24.6 Å². The van der Waals surface area contributed by atoms with Gasteiger partial charge in [0.15, 0.2) is 0 Å². The van der Waals surface area contributed by atoms with Gasteiger partial charge >= 0.3 is 0 Å². The number of amides is 1. The van der Waals surface area contributed by atoms with E-state index in [2.05, 4.69) is 15.1 Å². The van der Waals surface area contributed by atoms with E-state index in [9.17, 15) is 4.79 Å². The summed E-state index contributed by atoms with van der Waals surface area (Å²) in [6.45, 7) is 2.93. The zero-order valence-corrected chi connectivity index (χ0v) is 10.9. The van der Waals surface area contributed by atoms with Gasteiger partial charge in [-0.3, -0.25) is 9.69 Å². The molecular weight excluding hydrogens is 232 g/mol. The van der Waals surface area contributed by atoms with Crippen LogP contribution in [-0.4, -0.2) is 63.7 Å². The molecule has 1 aromatic heterocycles. The Kier molecular flexibility index (Phi) is 3.93. The lowest BCUT2D eigenvalue weighted by atomic mass is 10.1. The lowest BCUT2D eigenvalue weighted by molar-refractivity contribution is -0.130. The summed E-state index contributed by atoms with van der Waals surface area (Å²) in [7, 11) is 3.53. The standard InChI is InChI=1S/C11H20N6O/c1-15(2)11(18)5-9(6-12)16-3-4-17-8-13-14-10(17)7-16/h8-9H,3-7,12H2,1-2H3. The highest BCUT2D eigenvalue weighted by Crippen LogP contribution is 2.14. The number of aromatic nitrogens is 3. The Balaban J connectivity index is 2.00. The van der Waals surface area contributed by atoms with E-state index < -0.39 is 0 Å². The molecule has 0 aliphatic carbocycles. The van der Waals surface area contributed by atoms with E-state index in [4.69, 9.17) is 5.73 Å². The highest BCUT2D eigenvalue weighted by Gasteiger charge is 2.25. The van der Waals surface area contributed by atoms with Crippen LogP contribution >= 0.6 is 0 Å². The van der Waals surface area contributed by atoms with Crippen molar-refractivity contribution in [3.05, 3.63) is 12.2 Å². The van der Waals surface area contributed by atoms with Crippen LogP contribution < -0.4 is 5.73 Å². The molecule has 1 aliphatic rings. The topological polar surface area (TPSA) is 80.3 Å². The number of fused-ring (bicyclic) bond motifs is 1. The van der Waals surface area contributed by atoms with Crippen molar-refractivity contribution < 1.29 is 4.79 Å². The van der Waals surface area contributed by atoms with Gasteiger partial charge < -0.3 is 15.2 Å². The second kappa shape index (κ2) is 5.45. The van der Waals surface area contributed by atoms with Gasteiger partial charge in [0, 0.05) is 46.2 Å². The van der Waals surface area contributed by atoms with Crippen LogP contribution in [0, 0.1) is 0 Å². The van der Waals surface area contributed by atoms with Gasteiger partial charge in [-0.15, -0.1) is 10.2 Å². The summed E-state index contributed by atoms with van der Waals surface area (Å²) in [5, 5.41) is 7.97. The number of carbonyl (C=O) groups excluding carboxylic acids is 1. The van der Waals surface area contributed by atoms with Crippen LogP contribution in [0.1, 0.15) is 12.2 Å². The minimum absolute atomic E-state index is 0.0744. The maximum absolute atomic E-state index is 11.8. The van der Waals surface area contributed by atoms with Crippen molar-refractivity contribution in [2.45, 2.75) is 25.6 Å². The van der Waals surface area contributed by atoms with Crippen molar-refractivity contribution in [3.63, 3.8) is 0 Å². The molecule has 0 aromatic carbocycles. The molecule has 0 saturated carbocycles. The molecule has 0 bridgehead atoms. The number of nitrogens with zero attached hydrogens (tertiary/aromatic N) is 5. The minimum atomic E-state index is 0.0744. The molecule has 1 amide bonds. The van der Waals surface area contributed by atoms with Gasteiger partial charge in [0.25, 0.3) is 0 Å². The van der Waals surface area contributed by atoms with Crippen LogP contribution in [0.25, 0.3) is 0 Å². The lowest BCUT2D eigenvalue weighted by Crippen LogP contribution is -2.47. The van der Waals surface area contributed by atoms with E-state index >= 15 is 0 Å². The Morgan fingerprint density at radius 1 is 1.56 bits per heavy atom. The van der Waals surface area contributed by atoms with Crippen LogP contribution in [0.4, 0.5) is 0 Å². The van der Waals surface area contributed by atoms with Gasteiger partial charge in [-0.25, -0.2) is 0 Å². The monoisotopic (exact) mass is 252 g/mol. The maximum Gasteiger partial charge on any atom is 0.223 e. The summed E-state index contributed by atoms with van der Waals surface area (Å²) in [5.41, 5.74) is 5.79. The van der Waals surface area contributed by atoms with Crippen LogP contribution in [0.5, 0.6) is 0 Å². The molecule has 2 N–H and O–H groups in total. The molecule has 0 saturated heterocycles. The van der Waals surface area contributed by atoms with Gasteiger partial charge in [-0.05, 0) is 0 Å². The SMILES string of the molecule is CN(C)C(=O)CC(CN)N1CCn2cnnc2C1. The van der Waals surface area contributed by atoms with Gasteiger partial charge in [0.2, 0.25) is 5.91 Å². The van der Waals surface area contributed by atoms with Crippen molar-refractivity contribution in [2.24, 2.45) is 5.73 Å².